The fraction of sp³-hybridized carbons (Fsp3) is 0.250. The number of carbonyl (C=O) groups excluding carboxylic acids is 1. The SMILES string of the molecule is CCN(CC(O)CNC(=O)[C@@H](N)Cc1cc(I)c(Oc2cc(I)c(O)c(I)c2)c(I)c1)c1ccc2c(=O)[nH][nH]c(=O)c2c1. The van der Waals surface area contributed by atoms with Crippen molar-refractivity contribution in [2.75, 3.05) is 24.5 Å². The van der Waals surface area contributed by atoms with Gasteiger partial charge in [0.1, 0.15) is 11.5 Å². The highest BCUT2D eigenvalue weighted by molar-refractivity contribution is 14.1. The maximum atomic E-state index is 12.8. The number of aromatic amines is 2. The fourth-order valence-electron chi connectivity index (χ4n) is 4.34. The van der Waals surface area contributed by atoms with E-state index in [0.717, 1.165) is 12.7 Å². The summed E-state index contributed by atoms with van der Waals surface area (Å²) in [7, 11) is 0. The summed E-state index contributed by atoms with van der Waals surface area (Å²) in [5.74, 6) is 1.11. The molecule has 3 aromatic carbocycles. The third-order valence-corrected chi connectivity index (χ3v) is 9.78. The number of nitrogens with one attached hydrogen (secondary N) is 3. The predicted molar refractivity (Wildman–Crippen MR) is 199 cm³/mol. The molecule has 0 aliphatic carbocycles. The Labute approximate surface area is 300 Å². The molecule has 1 heterocycles. The van der Waals surface area contributed by atoms with Crippen molar-refractivity contribution < 1.29 is 19.7 Å². The summed E-state index contributed by atoms with van der Waals surface area (Å²) in [6, 6.07) is 11.4. The molecule has 1 aromatic heterocycles. The zero-order valence-corrected chi connectivity index (χ0v) is 31.2. The average Bonchev–Trinajstić information content (AvgIpc) is 2.97. The van der Waals surface area contributed by atoms with Gasteiger partial charge in [-0.2, -0.15) is 0 Å². The van der Waals surface area contributed by atoms with E-state index in [2.05, 4.69) is 106 Å². The number of carbonyl (C=O) groups is 1. The smallest absolute Gasteiger partial charge is 0.270 e. The standard InChI is InChI=1S/C28H27I4N5O6/c1-2-37(14-3-4-17-18(8-14)27(41)36-35-26(17)40)12-15(38)11-34-28(42)23(33)7-13-5-21(31)25(22(32)6-13)43-16-9-19(29)24(39)20(30)10-16/h3-6,8-10,15,23,38-39H,2,7,11-12,33H2,1H3,(H,34,42)(H,35,40)(H,36,41)/t15?,23-/m0/s1. The van der Waals surface area contributed by atoms with Gasteiger partial charge in [0, 0.05) is 25.3 Å². The van der Waals surface area contributed by atoms with Crippen LogP contribution in [-0.4, -0.2) is 58.1 Å². The molecule has 2 atom stereocenters. The number of hydrogen-bond donors (Lipinski definition) is 6. The number of aliphatic hydroxyl groups excluding tert-OH is 1. The maximum Gasteiger partial charge on any atom is 0.270 e. The second-order valence-electron chi connectivity index (χ2n) is 9.61. The van der Waals surface area contributed by atoms with E-state index in [0.29, 0.717) is 30.9 Å². The lowest BCUT2D eigenvalue weighted by molar-refractivity contribution is -0.122. The largest absolute Gasteiger partial charge is 0.506 e. The number of aromatic hydroxyl groups is 1. The summed E-state index contributed by atoms with van der Waals surface area (Å²) >= 11 is 8.47. The number of amides is 1. The lowest BCUT2D eigenvalue weighted by Gasteiger charge is -2.26. The molecule has 0 fully saturated rings. The van der Waals surface area contributed by atoms with Gasteiger partial charge < -0.3 is 30.9 Å². The highest BCUT2D eigenvalue weighted by Gasteiger charge is 2.20. The molecule has 1 unspecified atom stereocenters. The Morgan fingerprint density at radius 3 is 2.19 bits per heavy atom. The van der Waals surface area contributed by atoms with Crippen LogP contribution in [0, 0.1) is 14.3 Å². The van der Waals surface area contributed by atoms with E-state index in [1.165, 1.54) is 0 Å². The molecule has 0 aliphatic heterocycles. The van der Waals surface area contributed by atoms with Crippen LogP contribution in [0.25, 0.3) is 10.8 Å². The van der Waals surface area contributed by atoms with Gasteiger partial charge in [0.05, 0.1) is 37.2 Å². The van der Waals surface area contributed by atoms with Gasteiger partial charge in [-0.15, -0.1) is 0 Å². The number of ether oxygens (including phenoxy) is 1. The summed E-state index contributed by atoms with van der Waals surface area (Å²) in [5, 5.41) is 28.6. The van der Waals surface area contributed by atoms with Crippen molar-refractivity contribution in [1.82, 2.24) is 15.5 Å². The minimum atomic E-state index is -0.909. The summed E-state index contributed by atoms with van der Waals surface area (Å²) in [6.07, 6.45) is -0.622. The average molecular weight is 1040 g/mol. The second kappa shape index (κ2) is 15.1. The molecule has 0 saturated carbocycles. The van der Waals surface area contributed by atoms with Crippen LogP contribution >= 0.6 is 90.4 Å². The highest BCUT2D eigenvalue weighted by atomic mass is 127. The van der Waals surface area contributed by atoms with Gasteiger partial charge in [0.2, 0.25) is 5.91 Å². The molecule has 228 valence electrons. The first-order chi connectivity index (χ1) is 20.4. The number of hydrogen-bond acceptors (Lipinski definition) is 8. The van der Waals surface area contributed by atoms with E-state index in [9.17, 15) is 24.6 Å². The van der Waals surface area contributed by atoms with Gasteiger partial charge in [0.15, 0.2) is 5.75 Å². The summed E-state index contributed by atoms with van der Waals surface area (Å²) in [5.41, 5.74) is 6.94. The first-order valence-corrected chi connectivity index (χ1v) is 17.2. The molecule has 0 bridgehead atoms. The predicted octanol–water partition coefficient (Wildman–Crippen LogP) is 4.01. The molecular weight excluding hydrogens is 1010 g/mol. The van der Waals surface area contributed by atoms with Crippen molar-refractivity contribution in [3.63, 3.8) is 0 Å². The second-order valence-corrected chi connectivity index (χ2v) is 14.3. The molecular formula is C28H27I4N5O6. The van der Waals surface area contributed by atoms with Crippen LogP contribution in [0.4, 0.5) is 5.69 Å². The van der Waals surface area contributed by atoms with Crippen molar-refractivity contribution in [3.05, 3.63) is 83.0 Å². The van der Waals surface area contributed by atoms with Gasteiger partial charge in [-0.3, -0.25) is 24.6 Å². The Morgan fingerprint density at radius 1 is 0.977 bits per heavy atom. The van der Waals surface area contributed by atoms with Crippen LogP contribution in [0.2, 0.25) is 0 Å². The number of benzene rings is 3. The molecule has 0 saturated heterocycles. The number of H-pyrrole nitrogens is 2. The van der Waals surface area contributed by atoms with Crippen LogP contribution in [0.3, 0.4) is 0 Å². The number of nitrogens with zero attached hydrogens (tertiary/aromatic N) is 1. The van der Waals surface area contributed by atoms with Crippen molar-refractivity contribution >= 4 is 113 Å². The third kappa shape index (κ3) is 8.52. The van der Waals surface area contributed by atoms with Crippen LogP contribution in [0.15, 0.2) is 52.1 Å². The summed E-state index contributed by atoms with van der Waals surface area (Å²) in [4.78, 5) is 38.8. The number of halogens is 4. The fourth-order valence-corrected chi connectivity index (χ4v) is 8.17. The molecule has 4 aromatic rings. The van der Waals surface area contributed by atoms with Crippen molar-refractivity contribution in [3.8, 4) is 17.2 Å². The maximum absolute atomic E-state index is 12.8. The Morgan fingerprint density at radius 2 is 1.58 bits per heavy atom. The summed E-state index contributed by atoms with van der Waals surface area (Å²) in [6.45, 7) is 2.61. The molecule has 0 aliphatic rings. The molecule has 0 radical (unpaired) electrons. The zero-order chi connectivity index (χ0) is 31.4. The molecule has 4 rings (SSSR count). The van der Waals surface area contributed by atoms with Crippen LogP contribution in [0.5, 0.6) is 17.2 Å². The van der Waals surface area contributed by atoms with E-state index in [-0.39, 0.29) is 36.0 Å². The van der Waals surface area contributed by atoms with E-state index < -0.39 is 29.2 Å². The van der Waals surface area contributed by atoms with E-state index in [4.69, 9.17) is 10.5 Å². The van der Waals surface area contributed by atoms with Crippen LogP contribution in [-0.2, 0) is 11.2 Å². The number of phenols is 1. The van der Waals surface area contributed by atoms with Crippen LogP contribution in [0.1, 0.15) is 12.5 Å². The minimum absolute atomic E-state index is 0.0110. The Balaban J connectivity index is 1.34. The number of aromatic nitrogens is 2. The number of nitrogens with two attached hydrogens (primary N) is 1. The summed E-state index contributed by atoms with van der Waals surface area (Å²) < 4.78 is 9.20. The first-order valence-electron chi connectivity index (χ1n) is 12.9. The zero-order valence-electron chi connectivity index (χ0n) is 22.6. The third-order valence-electron chi connectivity index (χ3n) is 6.53. The number of fused-ring (bicyclic) bond motifs is 1. The monoisotopic (exact) mass is 1040 g/mol. The van der Waals surface area contributed by atoms with Gasteiger partial charge in [-0.25, -0.2) is 0 Å². The number of phenolic OH excluding ortho intramolecular Hbond substituents is 1. The van der Waals surface area contributed by atoms with Gasteiger partial charge in [-0.1, -0.05) is 0 Å². The number of rotatable bonds is 11. The van der Waals surface area contributed by atoms with Gasteiger partial charge in [-0.05, 0) is 152 Å². The first kappa shape index (κ1) is 34.2. The van der Waals surface area contributed by atoms with E-state index in [1.807, 2.05) is 24.0 Å². The molecule has 11 nitrogen and oxygen atoms in total. The lowest BCUT2D eigenvalue weighted by atomic mass is 10.1. The number of anilines is 1. The highest BCUT2D eigenvalue weighted by Crippen LogP contribution is 2.37. The lowest BCUT2D eigenvalue weighted by Crippen LogP contribution is -2.46. The normalized spacial score (nSPS) is 12.6. The van der Waals surface area contributed by atoms with E-state index in [1.54, 1.807) is 30.3 Å². The topological polar surface area (TPSA) is 174 Å². The van der Waals surface area contributed by atoms with Crippen molar-refractivity contribution in [1.29, 1.82) is 0 Å². The van der Waals surface area contributed by atoms with Gasteiger partial charge in [0.25, 0.3) is 11.1 Å². The quantitative estimate of drug-likeness (QED) is 0.122. The van der Waals surface area contributed by atoms with Gasteiger partial charge >= 0.3 is 0 Å². The molecule has 43 heavy (non-hydrogen) atoms. The Hall–Kier alpha value is -1.69. The Bertz CT molecular complexity index is 1730. The van der Waals surface area contributed by atoms with Crippen molar-refractivity contribution in [2.45, 2.75) is 25.5 Å². The molecule has 1 amide bonds. The minimum Gasteiger partial charge on any atom is -0.506 e. The molecule has 15 heteroatoms. The van der Waals surface area contributed by atoms with Crippen LogP contribution < -0.4 is 31.8 Å². The molecule has 0 spiro atoms. The number of aliphatic hydroxyl groups is 1. The van der Waals surface area contributed by atoms with E-state index >= 15 is 0 Å². The van der Waals surface area contributed by atoms with Crippen molar-refractivity contribution in [2.24, 2.45) is 5.73 Å². The number of likely N-dealkylation sites (N-methyl/N-ethyl adjacent to an activating group) is 1. The molecule has 7 N–H and O–H groups in total. The Kier molecular flexibility index (Phi) is 12.0.